The van der Waals surface area contributed by atoms with Gasteiger partial charge >= 0.3 is 0 Å². The highest BCUT2D eigenvalue weighted by Crippen LogP contribution is 2.16. The summed E-state index contributed by atoms with van der Waals surface area (Å²) in [6.07, 6.45) is 1.22. The Kier molecular flexibility index (Phi) is 6.48. The first kappa shape index (κ1) is 16.3. The predicted molar refractivity (Wildman–Crippen MR) is 87.1 cm³/mol. The van der Waals surface area contributed by atoms with Gasteiger partial charge in [0.1, 0.15) is 0 Å². The van der Waals surface area contributed by atoms with Gasteiger partial charge in [-0.05, 0) is 18.6 Å². The number of hydrogen-bond donors (Lipinski definition) is 1. The number of nitrogens with one attached hydrogen (secondary N) is 1. The van der Waals surface area contributed by atoms with Crippen molar-refractivity contribution < 1.29 is 9.47 Å². The maximum Gasteiger partial charge on any atom is 0.194 e. The van der Waals surface area contributed by atoms with E-state index in [4.69, 9.17) is 9.47 Å². The lowest BCUT2D eigenvalue weighted by molar-refractivity contribution is -0.0447. The van der Waals surface area contributed by atoms with Gasteiger partial charge in [-0.25, -0.2) is 0 Å². The van der Waals surface area contributed by atoms with Crippen LogP contribution < -0.4 is 5.32 Å². The zero-order valence-electron chi connectivity index (χ0n) is 13.1. The van der Waals surface area contributed by atoms with Crippen LogP contribution in [-0.2, 0) is 22.4 Å². The van der Waals surface area contributed by atoms with Gasteiger partial charge in [0.15, 0.2) is 5.96 Å². The van der Waals surface area contributed by atoms with Crippen molar-refractivity contribution in [3.8, 4) is 0 Å². The van der Waals surface area contributed by atoms with E-state index in [0.717, 1.165) is 32.0 Å². The van der Waals surface area contributed by atoms with Crippen LogP contribution in [0.1, 0.15) is 16.7 Å². The molecule has 0 aliphatic carbocycles. The number of guanidine groups is 1. The minimum atomic E-state index is 0.121. The largest absolute Gasteiger partial charge is 0.382 e. The number of nitrogens with zero attached hydrogens (tertiary/aromatic N) is 2. The second kappa shape index (κ2) is 8.36. The third-order valence-electron chi connectivity index (χ3n) is 3.49. The lowest BCUT2D eigenvalue weighted by Gasteiger charge is -2.34. The maximum absolute atomic E-state index is 5.68. The monoisotopic (exact) mass is 311 g/mol. The van der Waals surface area contributed by atoms with Crippen LogP contribution in [0.3, 0.4) is 0 Å². The Bertz CT molecular complexity index is 460. The molecule has 1 saturated heterocycles. The average molecular weight is 311 g/mol. The third kappa shape index (κ3) is 4.69. The van der Waals surface area contributed by atoms with Crippen LogP contribution in [0.5, 0.6) is 0 Å². The van der Waals surface area contributed by atoms with E-state index in [9.17, 15) is 0 Å². The Morgan fingerprint density at radius 3 is 3.00 bits per heavy atom. The number of aliphatic imine (C=N–C) groups is 1. The van der Waals surface area contributed by atoms with E-state index in [0.29, 0.717) is 13.2 Å². The van der Waals surface area contributed by atoms with E-state index in [1.165, 1.54) is 9.75 Å². The third-order valence-corrected chi connectivity index (χ3v) is 4.72. The molecule has 0 aromatic carbocycles. The lowest BCUT2D eigenvalue weighted by Crippen LogP contribution is -2.51. The topological polar surface area (TPSA) is 46.1 Å². The van der Waals surface area contributed by atoms with Gasteiger partial charge in [-0.1, -0.05) is 6.92 Å². The van der Waals surface area contributed by atoms with E-state index in [1.807, 2.05) is 18.4 Å². The molecular formula is C15H25N3O2S. The zero-order chi connectivity index (χ0) is 15.1. The molecule has 1 N–H and O–H groups in total. The normalized spacial score (nSPS) is 19.9. The minimum absolute atomic E-state index is 0.121. The molecule has 5 nitrogen and oxygen atoms in total. The molecule has 118 valence electrons. The number of hydrogen-bond acceptors (Lipinski definition) is 4. The highest BCUT2D eigenvalue weighted by atomic mass is 32.1. The lowest BCUT2D eigenvalue weighted by atomic mass is 10.3. The highest BCUT2D eigenvalue weighted by Gasteiger charge is 2.22. The first-order valence-corrected chi connectivity index (χ1v) is 8.22. The van der Waals surface area contributed by atoms with E-state index < -0.39 is 0 Å². The molecule has 1 unspecified atom stereocenters. The molecule has 1 aliphatic rings. The fourth-order valence-corrected chi connectivity index (χ4v) is 3.30. The van der Waals surface area contributed by atoms with Crippen molar-refractivity contribution in [2.24, 2.45) is 4.99 Å². The van der Waals surface area contributed by atoms with E-state index in [2.05, 4.69) is 34.3 Å². The summed E-state index contributed by atoms with van der Waals surface area (Å²) < 4.78 is 10.9. The van der Waals surface area contributed by atoms with E-state index in [1.54, 1.807) is 7.11 Å². The molecule has 1 aromatic heterocycles. The highest BCUT2D eigenvalue weighted by molar-refractivity contribution is 7.11. The summed E-state index contributed by atoms with van der Waals surface area (Å²) in [5.74, 6) is 0.936. The number of methoxy groups -OCH3 is 1. The first-order valence-electron chi connectivity index (χ1n) is 7.40. The van der Waals surface area contributed by atoms with Crippen LogP contribution in [0.2, 0.25) is 0 Å². The van der Waals surface area contributed by atoms with Gasteiger partial charge < -0.3 is 19.7 Å². The van der Waals surface area contributed by atoms with Crippen LogP contribution >= 0.6 is 11.3 Å². The molecule has 0 radical (unpaired) electrons. The molecule has 0 bridgehead atoms. The van der Waals surface area contributed by atoms with E-state index >= 15 is 0 Å². The molecule has 1 aliphatic heterocycles. The second-order valence-corrected chi connectivity index (χ2v) is 6.27. The fourth-order valence-electron chi connectivity index (χ4n) is 2.40. The summed E-state index contributed by atoms with van der Waals surface area (Å²) in [7, 11) is 3.53. The van der Waals surface area contributed by atoms with Gasteiger partial charge in [0.2, 0.25) is 0 Å². The van der Waals surface area contributed by atoms with Crippen LogP contribution in [0, 0.1) is 0 Å². The Morgan fingerprint density at radius 1 is 1.52 bits per heavy atom. The fraction of sp³-hybridized carbons (Fsp3) is 0.667. The van der Waals surface area contributed by atoms with Crippen molar-refractivity contribution >= 4 is 17.3 Å². The summed E-state index contributed by atoms with van der Waals surface area (Å²) in [6.45, 7) is 6.03. The van der Waals surface area contributed by atoms with Gasteiger partial charge in [0.05, 0.1) is 25.9 Å². The smallest absolute Gasteiger partial charge is 0.194 e. The van der Waals surface area contributed by atoms with Crippen LogP contribution in [-0.4, -0.2) is 57.4 Å². The quantitative estimate of drug-likeness (QED) is 0.664. The molecule has 1 aromatic rings. The van der Waals surface area contributed by atoms with Gasteiger partial charge in [-0.15, -0.1) is 11.3 Å². The van der Waals surface area contributed by atoms with Gasteiger partial charge in [0, 0.05) is 37.0 Å². The summed E-state index contributed by atoms with van der Waals surface area (Å²) >= 11 is 1.86. The number of morpholine rings is 1. The summed E-state index contributed by atoms with van der Waals surface area (Å²) in [4.78, 5) is 9.39. The zero-order valence-corrected chi connectivity index (χ0v) is 13.9. The SMILES string of the molecule is CCc1ccc(CNC(=NC)N2CCOC(COC)C2)s1. The van der Waals surface area contributed by atoms with Crippen molar-refractivity contribution in [3.05, 3.63) is 21.9 Å². The minimum Gasteiger partial charge on any atom is -0.382 e. The maximum atomic E-state index is 5.68. The Balaban J connectivity index is 1.87. The summed E-state index contributed by atoms with van der Waals surface area (Å²) in [5.41, 5.74) is 0. The van der Waals surface area contributed by atoms with E-state index in [-0.39, 0.29) is 6.10 Å². The van der Waals surface area contributed by atoms with Crippen molar-refractivity contribution in [2.45, 2.75) is 26.0 Å². The van der Waals surface area contributed by atoms with Crippen LogP contribution in [0.25, 0.3) is 0 Å². The standard InChI is InChI=1S/C15H25N3O2S/c1-4-13-5-6-14(21-13)9-17-15(16-2)18-7-8-20-12(10-18)11-19-3/h5-6,12H,4,7-11H2,1-3H3,(H,16,17). The molecule has 2 heterocycles. The molecule has 0 saturated carbocycles. The van der Waals surface area contributed by atoms with Gasteiger partial charge in [-0.2, -0.15) is 0 Å². The Labute approximate surface area is 131 Å². The van der Waals surface area contributed by atoms with Crippen molar-refractivity contribution in [2.75, 3.05) is 40.5 Å². The number of rotatable bonds is 5. The van der Waals surface area contributed by atoms with Crippen molar-refractivity contribution in [1.29, 1.82) is 0 Å². The number of thiophene rings is 1. The van der Waals surface area contributed by atoms with Gasteiger partial charge in [0.25, 0.3) is 0 Å². The predicted octanol–water partition coefficient (Wildman–Crippen LogP) is 1.73. The molecular weight excluding hydrogens is 286 g/mol. The molecule has 1 fully saturated rings. The van der Waals surface area contributed by atoms with Crippen molar-refractivity contribution in [1.82, 2.24) is 10.2 Å². The summed E-state index contributed by atoms with van der Waals surface area (Å²) in [6, 6.07) is 4.39. The Morgan fingerprint density at radius 2 is 2.33 bits per heavy atom. The van der Waals surface area contributed by atoms with Gasteiger partial charge in [-0.3, -0.25) is 4.99 Å². The molecule has 0 spiro atoms. The number of aryl methyl sites for hydroxylation is 1. The molecule has 1 atom stereocenters. The second-order valence-electron chi connectivity index (χ2n) is 5.02. The molecule has 0 amide bonds. The molecule has 6 heteroatoms. The molecule has 2 rings (SSSR count). The van der Waals surface area contributed by atoms with Crippen molar-refractivity contribution in [3.63, 3.8) is 0 Å². The first-order chi connectivity index (χ1) is 10.3. The molecule has 21 heavy (non-hydrogen) atoms. The number of ether oxygens (including phenoxy) is 2. The average Bonchev–Trinajstić information content (AvgIpc) is 2.97. The van der Waals surface area contributed by atoms with Crippen LogP contribution in [0.15, 0.2) is 17.1 Å². The Hall–Kier alpha value is -1.11. The summed E-state index contributed by atoms with van der Waals surface area (Å²) in [5, 5.41) is 3.45. The van der Waals surface area contributed by atoms with Crippen LogP contribution in [0.4, 0.5) is 0 Å².